The average Bonchev–Trinajstić information content (AvgIpc) is 2.98. The Hall–Kier alpha value is -2.90. The minimum Gasteiger partial charge on any atom is -0.489 e. The molecule has 1 heterocycles. The summed E-state index contributed by atoms with van der Waals surface area (Å²) in [4.78, 5) is 3.39. The summed E-state index contributed by atoms with van der Waals surface area (Å²) in [5, 5.41) is 14.8. The van der Waals surface area contributed by atoms with Crippen LogP contribution in [0.3, 0.4) is 0 Å². The lowest BCUT2D eigenvalue weighted by atomic mass is 10.2. The number of anilines is 2. The Morgan fingerprint density at radius 1 is 1.39 bits per heavy atom. The molecule has 2 aromatic rings. The minimum atomic E-state index is 0.120. The maximum atomic E-state index is 5.74. The molecule has 122 valence electrons. The van der Waals surface area contributed by atoms with Gasteiger partial charge in [0.25, 0.3) is 5.95 Å². The number of aromatic nitrogens is 4. The molecule has 0 aliphatic carbocycles. The molecule has 2 rings (SSSR count). The number of nitrogens with two attached hydrogens (primary N) is 1. The van der Waals surface area contributed by atoms with E-state index < -0.39 is 0 Å². The van der Waals surface area contributed by atoms with Gasteiger partial charge in [-0.3, -0.25) is 0 Å². The van der Waals surface area contributed by atoms with E-state index in [0.29, 0.717) is 12.4 Å². The van der Waals surface area contributed by atoms with Crippen molar-refractivity contribution in [2.45, 2.75) is 13.8 Å². The highest BCUT2D eigenvalue weighted by atomic mass is 16.5. The monoisotopic (exact) mass is 315 g/mol. The lowest BCUT2D eigenvalue weighted by molar-refractivity contribution is 0.362. The summed E-state index contributed by atoms with van der Waals surface area (Å²) in [6.45, 7) is 10.2. The molecule has 23 heavy (non-hydrogen) atoms. The van der Waals surface area contributed by atoms with Gasteiger partial charge in [-0.05, 0) is 36.4 Å². The predicted molar refractivity (Wildman–Crippen MR) is 90.9 cm³/mol. The summed E-state index contributed by atoms with van der Waals surface area (Å²) in [6, 6.07) is 5.95. The first-order valence-electron chi connectivity index (χ1n) is 7.40. The van der Waals surface area contributed by atoms with E-state index in [1.807, 2.05) is 18.2 Å². The molecular weight excluding hydrogens is 294 g/mol. The minimum absolute atomic E-state index is 0.120. The van der Waals surface area contributed by atoms with Crippen molar-refractivity contribution in [2.75, 3.05) is 30.3 Å². The van der Waals surface area contributed by atoms with Crippen molar-refractivity contribution < 1.29 is 4.74 Å². The highest BCUT2D eigenvalue weighted by Crippen LogP contribution is 2.25. The van der Waals surface area contributed by atoms with Gasteiger partial charge in [0.2, 0.25) is 0 Å². The fourth-order valence-electron chi connectivity index (χ4n) is 2.08. The van der Waals surface area contributed by atoms with E-state index in [-0.39, 0.29) is 5.95 Å². The van der Waals surface area contributed by atoms with Gasteiger partial charge in [0.1, 0.15) is 12.4 Å². The van der Waals surface area contributed by atoms with Gasteiger partial charge in [0, 0.05) is 30.4 Å². The first-order valence-corrected chi connectivity index (χ1v) is 7.40. The average molecular weight is 315 g/mol. The zero-order valence-electron chi connectivity index (χ0n) is 13.4. The molecule has 0 amide bonds. The fourth-order valence-corrected chi connectivity index (χ4v) is 2.08. The highest BCUT2D eigenvalue weighted by molar-refractivity contribution is 5.84. The fraction of sp³-hybridized carbons (Fsp3) is 0.333. The topological polar surface area (TPSA) is 94.5 Å². The normalized spacial score (nSPS) is 10.9. The van der Waals surface area contributed by atoms with Gasteiger partial charge in [-0.1, -0.05) is 22.5 Å². The SMILES string of the molecule is C=CCOc1cc(N(CC)CC)ccc1C=Nn1nnnc1N. The maximum absolute atomic E-state index is 5.74. The molecule has 0 atom stereocenters. The molecule has 0 saturated heterocycles. The van der Waals surface area contributed by atoms with E-state index in [4.69, 9.17) is 10.5 Å². The second-order valence-electron chi connectivity index (χ2n) is 4.67. The molecule has 1 aromatic carbocycles. The van der Waals surface area contributed by atoms with Gasteiger partial charge in [-0.2, -0.15) is 5.10 Å². The number of rotatable bonds is 8. The third kappa shape index (κ3) is 4.06. The molecule has 0 bridgehead atoms. The Bertz CT molecular complexity index is 676. The van der Waals surface area contributed by atoms with Crippen LogP contribution in [0.25, 0.3) is 0 Å². The Labute approximate surface area is 135 Å². The molecule has 0 aliphatic rings. The van der Waals surface area contributed by atoms with E-state index in [2.05, 4.69) is 46.0 Å². The summed E-state index contributed by atoms with van der Waals surface area (Å²) in [5.41, 5.74) is 7.48. The number of hydrogen-bond acceptors (Lipinski definition) is 7. The van der Waals surface area contributed by atoms with Gasteiger partial charge in [0.15, 0.2) is 0 Å². The van der Waals surface area contributed by atoms with Crippen molar-refractivity contribution in [1.29, 1.82) is 0 Å². The Morgan fingerprint density at radius 2 is 2.17 bits per heavy atom. The van der Waals surface area contributed by atoms with Gasteiger partial charge in [0.05, 0.1) is 6.21 Å². The third-order valence-corrected chi connectivity index (χ3v) is 3.27. The van der Waals surface area contributed by atoms with Crippen molar-refractivity contribution >= 4 is 17.9 Å². The zero-order valence-corrected chi connectivity index (χ0v) is 13.4. The van der Waals surface area contributed by atoms with Gasteiger partial charge < -0.3 is 15.4 Å². The van der Waals surface area contributed by atoms with Crippen molar-refractivity contribution in [3.05, 3.63) is 36.4 Å². The number of hydrogen-bond donors (Lipinski definition) is 1. The van der Waals surface area contributed by atoms with Gasteiger partial charge in [-0.15, -0.1) is 0 Å². The van der Waals surface area contributed by atoms with Crippen molar-refractivity contribution in [1.82, 2.24) is 20.3 Å². The number of nitrogen functional groups attached to an aromatic ring is 1. The van der Waals surface area contributed by atoms with Crippen LogP contribution in [0, 0.1) is 0 Å². The molecule has 8 nitrogen and oxygen atoms in total. The van der Waals surface area contributed by atoms with Crippen LogP contribution < -0.4 is 15.4 Å². The van der Waals surface area contributed by atoms with E-state index in [1.54, 1.807) is 12.3 Å². The van der Waals surface area contributed by atoms with E-state index in [0.717, 1.165) is 29.1 Å². The van der Waals surface area contributed by atoms with Crippen LogP contribution in [0.1, 0.15) is 19.4 Å². The standard InChI is InChI=1S/C15H21N7O/c1-4-9-23-14-10-13(21(5-2)6-3)8-7-12(14)11-17-22-15(16)18-19-20-22/h4,7-8,10-11H,1,5-6,9H2,2-3H3,(H2,16,18,20). The lowest BCUT2D eigenvalue weighted by Crippen LogP contribution is -2.21. The second kappa shape index (κ2) is 7.92. The summed E-state index contributed by atoms with van der Waals surface area (Å²) < 4.78 is 5.74. The van der Waals surface area contributed by atoms with Crippen molar-refractivity contribution in [2.24, 2.45) is 5.10 Å². The van der Waals surface area contributed by atoms with Crippen LogP contribution in [-0.2, 0) is 0 Å². The quantitative estimate of drug-likeness (QED) is 0.586. The molecule has 0 radical (unpaired) electrons. The first-order chi connectivity index (χ1) is 11.2. The highest BCUT2D eigenvalue weighted by Gasteiger charge is 2.08. The maximum Gasteiger partial charge on any atom is 0.263 e. The van der Waals surface area contributed by atoms with Crippen molar-refractivity contribution in [3.8, 4) is 5.75 Å². The second-order valence-corrected chi connectivity index (χ2v) is 4.67. The number of nitrogens with zero attached hydrogens (tertiary/aromatic N) is 6. The van der Waals surface area contributed by atoms with Crippen LogP contribution in [0.2, 0.25) is 0 Å². The summed E-state index contributed by atoms with van der Waals surface area (Å²) in [5.74, 6) is 0.833. The predicted octanol–water partition coefficient (Wildman–Crippen LogP) is 1.55. The largest absolute Gasteiger partial charge is 0.489 e. The number of ether oxygens (including phenoxy) is 1. The van der Waals surface area contributed by atoms with Crippen LogP contribution in [0.4, 0.5) is 11.6 Å². The molecule has 0 spiro atoms. The van der Waals surface area contributed by atoms with Crippen LogP contribution in [-0.4, -0.2) is 46.2 Å². The Morgan fingerprint density at radius 3 is 2.78 bits per heavy atom. The van der Waals surface area contributed by atoms with E-state index >= 15 is 0 Å². The Balaban J connectivity index is 2.31. The molecule has 0 saturated carbocycles. The summed E-state index contributed by atoms with van der Waals surface area (Å²) in [7, 11) is 0. The summed E-state index contributed by atoms with van der Waals surface area (Å²) >= 11 is 0. The molecule has 2 N–H and O–H groups in total. The smallest absolute Gasteiger partial charge is 0.263 e. The summed E-state index contributed by atoms with van der Waals surface area (Å²) in [6.07, 6.45) is 3.31. The van der Waals surface area contributed by atoms with E-state index in [1.165, 1.54) is 0 Å². The molecule has 1 aromatic heterocycles. The third-order valence-electron chi connectivity index (χ3n) is 3.27. The molecule has 0 unspecified atom stereocenters. The van der Waals surface area contributed by atoms with Crippen LogP contribution >= 0.6 is 0 Å². The number of tetrazole rings is 1. The Kier molecular flexibility index (Phi) is 5.67. The lowest BCUT2D eigenvalue weighted by Gasteiger charge is -2.22. The first kappa shape index (κ1) is 16.5. The molecular formula is C15H21N7O. The van der Waals surface area contributed by atoms with Crippen molar-refractivity contribution in [3.63, 3.8) is 0 Å². The van der Waals surface area contributed by atoms with E-state index in [9.17, 15) is 0 Å². The molecule has 8 heteroatoms. The van der Waals surface area contributed by atoms with Crippen LogP contribution in [0.15, 0.2) is 36.0 Å². The van der Waals surface area contributed by atoms with Crippen LogP contribution in [0.5, 0.6) is 5.75 Å². The van der Waals surface area contributed by atoms with Gasteiger partial charge >= 0.3 is 0 Å². The zero-order chi connectivity index (χ0) is 16.7. The van der Waals surface area contributed by atoms with Gasteiger partial charge in [-0.25, -0.2) is 0 Å². The molecule has 0 fully saturated rings. The number of benzene rings is 1. The molecule has 0 aliphatic heterocycles.